The molecular weight excluding hydrogens is 263 g/mol. The maximum atomic E-state index is 12.8. The second kappa shape index (κ2) is 6.00. The Bertz CT molecular complexity index is 504. The quantitative estimate of drug-likeness (QED) is 0.856. The van der Waals surface area contributed by atoms with Gasteiger partial charge in [-0.25, -0.2) is 9.18 Å². The van der Waals surface area contributed by atoms with Crippen LogP contribution in [0.4, 0.5) is 9.18 Å². The molecule has 1 N–H and O–H groups in total. The summed E-state index contributed by atoms with van der Waals surface area (Å²) in [6.45, 7) is 3.44. The Hall–Kier alpha value is -1.95. The Labute approximate surface area is 116 Å². The number of benzene rings is 1. The summed E-state index contributed by atoms with van der Waals surface area (Å²) >= 11 is 0. The van der Waals surface area contributed by atoms with Crippen molar-refractivity contribution in [3.63, 3.8) is 0 Å². The van der Waals surface area contributed by atoms with Crippen LogP contribution < -0.4 is 0 Å². The molecule has 108 valence electrons. The van der Waals surface area contributed by atoms with Crippen molar-refractivity contribution in [1.29, 1.82) is 0 Å². The number of amides is 1. The van der Waals surface area contributed by atoms with Crippen molar-refractivity contribution >= 4 is 11.9 Å². The zero-order valence-electron chi connectivity index (χ0n) is 11.3. The molecule has 1 unspecified atom stereocenters. The number of hydrogen-bond donors (Lipinski definition) is 1. The highest BCUT2D eigenvalue weighted by Gasteiger charge is 2.27. The van der Waals surface area contributed by atoms with Gasteiger partial charge in [-0.05, 0) is 31.2 Å². The third-order valence-electron chi connectivity index (χ3n) is 3.55. The van der Waals surface area contributed by atoms with E-state index in [4.69, 9.17) is 5.11 Å². The van der Waals surface area contributed by atoms with Crippen LogP contribution in [0.5, 0.6) is 0 Å². The molecule has 6 heteroatoms. The van der Waals surface area contributed by atoms with Crippen LogP contribution in [0.1, 0.15) is 17.3 Å². The number of hydrogen-bond acceptors (Lipinski definition) is 3. The van der Waals surface area contributed by atoms with Crippen molar-refractivity contribution in [3.8, 4) is 0 Å². The molecule has 1 fully saturated rings. The van der Waals surface area contributed by atoms with E-state index in [0.29, 0.717) is 25.2 Å². The fraction of sp³-hybridized carbons (Fsp3) is 0.429. The predicted octanol–water partition coefficient (Wildman–Crippen LogP) is 1.69. The van der Waals surface area contributed by atoms with E-state index in [2.05, 4.69) is 0 Å². The fourth-order valence-corrected chi connectivity index (χ4v) is 2.32. The molecule has 5 nitrogen and oxygen atoms in total. The molecule has 0 saturated carbocycles. The second-order valence-electron chi connectivity index (χ2n) is 4.98. The third-order valence-corrected chi connectivity index (χ3v) is 3.55. The van der Waals surface area contributed by atoms with E-state index in [0.717, 1.165) is 0 Å². The Morgan fingerprint density at radius 2 is 1.95 bits per heavy atom. The minimum atomic E-state index is -0.929. The van der Waals surface area contributed by atoms with Crippen LogP contribution in [-0.2, 0) is 0 Å². The van der Waals surface area contributed by atoms with Crippen LogP contribution in [0.3, 0.4) is 0 Å². The largest absolute Gasteiger partial charge is 0.465 e. The summed E-state index contributed by atoms with van der Waals surface area (Å²) in [6, 6.07) is 5.45. The first kappa shape index (κ1) is 14.5. The molecule has 1 aliphatic heterocycles. The molecule has 1 aliphatic rings. The number of carboxylic acid groups (broad SMARTS) is 1. The van der Waals surface area contributed by atoms with E-state index in [1.807, 2.05) is 11.8 Å². The van der Waals surface area contributed by atoms with Gasteiger partial charge >= 0.3 is 6.09 Å². The van der Waals surface area contributed by atoms with Gasteiger partial charge in [0.15, 0.2) is 5.78 Å². The highest BCUT2D eigenvalue weighted by Crippen LogP contribution is 2.12. The van der Waals surface area contributed by atoms with Gasteiger partial charge < -0.3 is 10.0 Å². The molecular formula is C14H17FN2O3. The first-order chi connectivity index (χ1) is 9.47. The number of carbonyl (C=O) groups is 2. The standard InChI is InChI=1S/C14H17FN2O3/c1-10-8-17(14(19)20)7-6-16(10)9-13(18)11-2-4-12(15)5-3-11/h2-5,10H,6-9H2,1H3,(H,19,20). The molecule has 2 rings (SSSR count). The van der Waals surface area contributed by atoms with Crippen molar-refractivity contribution in [2.24, 2.45) is 0 Å². The summed E-state index contributed by atoms with van der Waals surface area (Å²) in [4.78, 5) is 26.3. The fourth-order valence-electron chi connectivity index (χ4n) is 2.32. The summed E-state index contributed by atoms with van der Waals surface area (Å²) in [6.07, 6.45) is -0.929. The molecule has 1 aromatic rings. The van der Waals surface area contributed by atoms with E-state index in [-0.39, 0.29) is 24.2 Å². The monoisotopic (exact) mass is 280 g/mol. The molecule has 0 radical (unpaired) electrons. The van der Waals surface area contributed by atoms with Crippen molar-refractivity contribution in [2.45, 2.75) is 13.0 Å². The summed E-state index contributed by atoms with van der Waals surface area (Å²) in [7, 11) is 0. The van der Waals surface area contributed by atoms with Gasteiger partial charge in [0.1, 0.15) is 5.82 Å². The van der Waals surface area contributed by atoms with E-state index >= 15 is 0 Å². The summed E-state index contributed by atoms with van der Waals surface area (Å²) in [5.74, 6) is -0.453. The average Bonchev–Trinajstić information content (AvgIpc) is 2.41. The Kier molecular flexibility index (Phi) is 4.34. The number of Topliss-reactive ketones (excluding diaryl/α,β-unsaturated/α-hetero) is 1. The van der Waals surface area contributed by atoms with E-state index in [1.165, 1.54) is 29.2 Å². The zero-order chi connectivity index (χ0) is 14.7. The average molecular weight is 280 g/mol. The number of nitrogens with zero attached hydrogens (tertiary/aromatic N) is 2. The van der Waals surface area contributed by atoms with Gasteiger partial charge in [-0.1, -0.05) is 0 Å². The lowest BCUT2D eigenvalue weighted by Crippen LogP contribution is -2.54. The van der Waals surface area contributed by atoms with Gasteiger partial charge in [-0.15, -0.1) is 0 Å². The third kappa shape index (κ3) is 3.33. The predicted molar refractivity (Wildman–Crippen MR) is 71.4 cm³/mol. The lowest BCUT2D eigenvalue weighted by atomic mass is 10.1. The summed E-state index contributed by atoms with van der Waals surface area (Å²) < 4.78 is 12.8. The molecule has 0 aliphatic carbocycles. The molecule has 1 atom stereocenters. The molecule has 0 spiro atoms. The Morgan fingerprint density at radius 1 is 1.30 bits per heavy atom. The molecule has 1 saturated heterocycles. The van der Waals surface area contributed by atoms with Gasteiger partial charge in [-0.3, -0.25) is 9.69 Å². The Balaban J connectivity index is 1.95. The van der Waals surface area contributed by atoms with Gasteiger partial charge in [0.05, 0.1) is 6.54 Å². The van der Waals surface area contributed by atoms with Crippen molar-refractivity contribution in [1.82, 2.24) is 9.80 Å². The van der Waals surface area contributed by atoms with Crippen LogP contribution >= 0.6 is 0 Å². The molecule has 1 heterocycles. The SMILES string of the molecule is CC1CN(C(=O)O)CCN1CC(=O)c1ccc(F)cc1. The normalized spacial score (nSPS) is 19.9. The smallest absolute Gasteiger partial charge is 0.407 e. The molecule has 0 aromatic heterocycles. The topological polar surface area (TPSA) is 60.9 Å². The minimum Gasteiger partial charge on any atom is -0.465 e. The minimum absolute atomic E-state index is 0.00996. The first-order valence-electron chi connectivity index (χ1n) is 6.48. The molecule has 1 aromatic carbocycles. The van der Waals surface area contributed by atoms with Crippen molar-refractivity contribution in [2.75, 3.05) is 26.2 Å². The molecule has 0 bridgehead atoms. The maximum Gasteiger partial charge on any atom is 0.407 e. The number of ketones is 1. The van der Waals surface area contributed by atoms with Crippen molar-refractivity contribution in [3.05, 3.63) is 35.6 Å². The number of carbonyl (C=O) groups excluding carboxylic acids is 1. The van der Waals surface area contributed by atoms with Crippen LogP contribution in [0.2, 0.25) is 0 Å². The van der Waals surface area contributed by atoms with E-state index in [9.17, 15) is 14.0 Å². The van der Waals surface area contributed by atoms with Crippen LogP contribution in [-0.4, -0.2) is 59.0 Å². The highest BCUT2D eigenvalue weighted by molar-refractivity contribution is 5.97. The zero-order valence-corrected chi connectivity index (χ0v) is 11.3. The lowest BCUT2D eigenvalue weighted by Gasteiger charge is -2.38. The van der Waals surface area contributed by atoms with E-state index in [1.54, 1.807) is 0 Å². The van der Waals surface area contributed by atoms with Crippen molar-refractivity contribution < 1.29 is 19.1 Å². The van der Waals surface area contributed by atoms with Gasteiger partial charge in [0.25, 0.3) is 0 Å². The molecule has 20 heavy (non-hydrogen) atoms. The summed E-state index contributed by atoms with van der Waals surface area (Å²) in [5.41, 5.74) is 0.472. The number of rotatable bonds is 3. The second-order valence-corrected chi connectivity index (χ2v) is 4.98. The maximum absolute atomic E-state index is 12.8. The van der Waals surface area contributed by atoms with Gasteiger partial charge in [0, 0.05) is 31.2 Å². The lowest BCUT2D eigenvalue weighted by molar-refractivity contribution is 0.0661. The number of piperazine rings is 1. The van der Waals surface area contributed by atoms with E-state index < -0.39 is 6.09 Å². The molecule has 1 amide bonds. The van der Waals surface area contributed by atoms with Crippen LogP contribution in [0.15, 0.2) is 24.3 Å². The van der Waals surface area contributed by atoms with Crippen LogP contribution in [0.25, 0.3) is 0 Å². The Morgan fingerprint density at radius 3 is 2.50 bits per heavy atom. The highest BCUT2D eigenvalue weighted by atomic mass is 19.1. The first-order valence-corrected chi connectivity index (χ1v) is 6.48. The van der Waals surface area contributed by atoms with Gasteiger partial charge in [0.2, 0.25) is 0 Å². The number of halogens is 1. The van der Waals surface area contributed by atoms with Gasteiger partial charge in [-0.2, -0.15) is 0 Å². The summed E-state index contributed by atoms with van der Waals surface area (Å²) in [5, 5.41) is 8.93. The van der Waals surface area contributed by atoms with Crippen LogP contribution in [0, 0.1) is 5.82 Å².